The normalized spacial score (nSPS) is 16.3. The van der Waals surface area contributed by atoms with Crippen LogP contribution in [0.25, 0.3) is 55.3 Å². The topological polar surface area (TPSA) is 18.5 Å². The minimum atomic E-state index is -0.583. The van der Waals surface area contributed by atoms with Crippen LogP contribution in [0.5, 0.6) is 23.0 Å². The van der Waals surface area contributed by atoms with E-state index in [9.17, 15) is 0 Å². The van der Waals surface area contributed by atoms with Gasteiger partial charge in [0.25, 0.3) is 0 Å². The lowest BCUT2D eigenvalue weighted by Crippen LogP contribution is -2.29. The van der Waals surface area contributed by atoms with E-state index < -0.39 is 5.41 Å². The molecule has 0 saturated carbocycles. The third-order valence-corrected chi connectivity index (χ3v) is 16.9. The Morgan fingerprint density at radius 3 is 1.49 bits per heavy atom. The largest absolute Gasteiger partial charge is 0.456 e. The average Bonchev–Trinajstić information content (AvgIpc) is 3.82. The lowest BCUT2D eigenvalue weighted by atomic mass is 9.67. The van der Waals surface area contributed by atoms with Crippen molar-refractivity contribution in [3.63, 3.8) is 0 Å². The SMILES string of the molecule is CC1(C)c2cccc(-c3ccc4cc(-c5ccc6c(c5)C(c5ccccc5)(c5ccccc5)c5ccc7c(c5-6)Oc5ccccc5C7(C)C)ccc4c3)c2Oc2c1ccc1c2-c2ccccc2C1(C)C. The van der Waals surface area contributed by atoms with Crippen LogP contribution >= 0.6 is 0 Å². The molecule has 0 atom stereocenters. The lowest BCUT2D eigenvalue weighted by Gasteiger charge is -2.37. The van der Waals surface area contributed by atoms with Crippen LogP contribution in [-0.4, -0.2) is 0 Å². The quantitative estimate of drug-likeness (QED) is 0.175. The summed E-state index contributed by atoms with van der Waals surface area (Å²) in [6, 6.07) is 76.6. The number of benzene rings is 10. The van der Waals surface area contributed by atoms with Crippen molar-refractivity contribution in [1.82, 2.24) is 0 Å². The van der Waals surface area contributed by atoms with Crippen molar-refractivity contribution in [2.75, 3.05) is 0 Å². The first-order chi connectivity index (χ1) is 34.0. The average molecular weight is 901 g/mol. The van der Waals surface area contributed by atoms with Gasteiger partial charge < -0.3 is 9.47 Å². The second-order valence-electron chi connectivity index (χ2n) is 21.6. The van der Waals surface area contributed by atoms with Gasteiger partial charge >= 0.3 is 0 Å². The fraction of sp³-hybridized carbons (Fsp3) is 0.147. The maximum atomic E-state index is 7.27. The van der Waals surface area contributed by atoms with Crippen LogP contribution in [0.2, 0.25) is 0 Å². The Bertz CT molecular complexity index is 3810. The second kappa shape index (κ2) is 14.3. The molecule has 0 amide bonds. The molecule has 2 aliphatic heterocycles. The van der Waals surface area contributed by atoms with E-state index in [1.165, 1.54) is 99.8 Å². The molecule has 0 N–H and O–H groups in total. The van der Waals surface area contributed by atoms with Gasteiger partial charge in [-0.15, -0.1) is 0 Å². The van der Waals surface area contributed by atoms with E-state index in [1.807, 2.05) is 0 Å². The maximum Gasteiger partial charge on any atom is 0.139 e. The molecular formula is C68H52O2. The molecule has 0 aromatic heterocycles. The Balaban J connectivity index is 0.898. The highest BCUT2D eigenvalue weighted by atomic mass is 16.5. The number of rotatable bonds is 4. The molecule has 336 valence electrons. The van der Waals surface area contributed by atoms with E-state index in [0.29, 0.717) is 0 Å². The Morgan fingerprint density at radius 1 is 0.286 bits per heavy atom. The molecule has 14 rings (SSSR count). The first-order valence-corrected chi connectivity index (χ1v) is 24.8. The van der Waals surface area contributed by atoms with Gasteiger partial charge in [-0.1, -0.05) is 224 Å². The summed E-state index contributed by atoms with van der Waals surface area (Å²) in [5, 5.41) is 2.38. The van der Waals surface area contributed by atoms with Crippen LogP contribution in [0.3, 0.4) is 0 Å². The molecule has 10 aromatic rings. The minimum Gasteiger partial charge on any atom is -0.456 e. The molecule has 10 aromatic carbocycles. The van der Waals surface area contributed by atoms with Gasteiger partial charge in [0.2, 0.25) is 0 Å². The molecule has 0 saturated heterocycles. The second-order valence-corrected chi connectivity index (χ2v) is 21.6. The summed E-state index contributed by atoms with van der Waals surface area (Å²) in [7, 11) is 0. The van der Waals surface area contributed by atoms with E-state index in [-0.39, 0.29) is 16.2 Å². The molecule has 4 aliphatic rings. The third kappa shape index (κ3) is 5.39. The van der Waals surface area contributed by atoms with Crippen LogP contribution in [0.4, 0.5) is 0 Å². The molecule has 0 fully saturated rings. The maximum absolute atomic E-state index is 7.27. The molecule has 70 heavy (non-hydrogen) atoms. The predicted octanol–water partition coefficient (Wildman–Crippen LogP) is 17.7. The summed E-state index contributed by atoms with van der Waals surface area (Å²) in [5.41, 5.74) is 20.8. The standard InChI is InChI=1S/C68H52O2/c1-65(2)51-24-14-13-22-49(51)60-53(65)34-36-57-64(60)70-62-48(23-17-26-55(62)67(57,5)6)45-31-30-41-38-42(28-29-43(41)39-45)44-32-33-50-58(40-44)68(46-18-9-7-10-19-46,47-20-11-8-12-21-47)54-35-37-56-63(61(50)54)69-59-27-16-15-25-52(59)66(56,3)4/h7-40H,1-6H3. The monoisotopic (exact) mass is 900 g/mol. The van der Waals surface area contributed by atoms with Crippen LogP contribution < -0.4 is 9.47 Å². The summed E-state index contributed by atoms with van der Waals surface area (Å²) in [6.07, 6.45) is 0. The van der Waals surface area contributed by atoms with Crippen molar-refractivity contribution in [3.8, 4) is 67.5 Å². The summed E-state index contributed by atoms with van der Waals surface area (Å²) in [6.45, 7) is 14.0. The highest BCUT2D eigenvalue weighted by molar-refractivity contribution is 5.96. The van der Waals surface area contributed by atoms with E-state index in [1.54, 1.807) is 0 Å². The number of hydrogen-bond acceptors (Lipinski definition) is 2. The Morgan fingerprint density at radius 2 is 0.757 bits per heavy atom. The van der Waals surface area contributed by atoms with Crippen molar-refractivity contribution in [1.29, 1.82) is 0 Å². The molecule has 2 aliphatic carbocycles. The number of ether oxygens (including phenoxy) is 2. The summed E-state index contributed by atoms with van der Waals surface area (Å²) < 4.78 is 14.3. The molecule has 0 unspecified atom stereocenters. The molecule has 0 bridgehead atoms. The third-order valence-electron chi connectivity index (χ3n) is 16.9. The van der Waals surface area contributed by atoms with Gasteiger partial charge in [-0.2, -0.15) is 0 Å². The number of fused-ring (bicyclic) bond motifs is 13. The lowest BCUT2D eigenvalue weighted by molar-refractivity contribution is 0.419. The van der Waals surface area contributed by atoms with Gasteiger partial charge in [0.05, 0.1) is 5.41 Å². The zero-order valence-electron chi connectivity index (χ0n) is 40.4. The Labute approximate surface area is 410 Å². The molecule has 2 nitrogen and oxygen atoms in total. The van der Waals surface area contributed by atoms with Gasteiger partial charge in [-0.05, 0) is 96.2 Å². The first kappa shape index (κ1) is 41.1. The number of para-hydroxylation sites is 2. The molecular weight excluding hydrogens is 849 g/mol. The highest BCUT2D eigenvalue weighted by Gasteiger charge is 2.50. The molecule has 0 radical (unpaired) electrons. The van der Waals surface area contributed by atoms with Crippen molar-refractivity contribution < 1.29 is 9.47 Å². The van der Waals surface area contributed by atoms with Crippen molar-refractivity contribution in [3.05, 3.63) is 262 Å². The number of hydrogen-bond donors (Lipinski definition) is 0. The minimum absolute atomic E-state index is 0.109. The van der Waals surface area contributed by atoms with Gasteiger partial charge in [0.1, 0.15) is 23.0 Å². The van der Waals surface area contributed by atoms with Crippen molar-refractivity contribution in [2.45, 2.75) is 63.2 Å². The smallest absolute Gasteiger partial charge is 0.139 e. The molecule has 2 heteroatoms. The van der Waals surface area contributed by atoms with Crippen LogP contribution in [-0.2, 0) is 21.7 Å². The van der Waals surface area contributed by atoms with Crippen molar-refractivity contribution in [2.24, 2.45) is 0 Å². The van der Waals surface area contributed by atoms with Crippen LogP contribution in [0.15, 0.2) is 206 Å². The molecule has 2 heterocycles. The van der Waals surface area contributed by atoms with E-state index in [2.05, 4.69) is 248 Å². The zero-order chi connectivity index (χ0) is 47.3. The van der Waals surface area contributed by atoms with Crippen LogP contribution in [0, 0.1) is 0 Å². The fourth-order valence-corrected chi connectivity index (χ4v) is 13.2. The van der Waals surface area contributed by atoms with Gasteiger partial charge in [-0.3, -0.25) is 0 Å². The van der Waals surface area contributed by atoms with Gasteiger partial charge in [0, 0.05) is 55.2 Å². The summed E-state index contributed by atoms with van der Waals surface area (Å²) in [5.74, 6) is 3.83. The predicted molar refractivity (Wildman–Crippen MR) is 287 cm³/mol. The van der Waals surface area contributed by atoms with E-state index in [0.717, 1.165) is 34.1 Å². The zero-order valence-corrected chi connectivity index (χ0v) is 40.4. The fourth-order valence-electron chi connectivity index (χ4n) is 13.2. The summed E-state index contributed by atoms with van der Waals surface area (Å²) in [4.78, 5) is 0. The summed E-state index contributed by atoms with van der Waals surface area (Å²) >= 11 is 0. The van der Waals surface area contributed by atoms with Gasteiger partial charge in [0.15, 0.2) is 0 Å². The Kier molecular flexibility index (Phi) is 8.40. The van der Waals surface area contributed by atoms with E-state index in [4.69, 9.17) is 9.47 Å². The van der Waals surface area contributed by atoms with Crippen LogP contribution in [0.1, 0.15) is 97.2 Å². The Hall–Kier alpha value is -7.94. The van der Waals surface area contributed by atoms with Gasteiger partial charge in [-0.25, -0.2) is 0 Å². The molecule has 0 spiro atoms. The van der Waals surface area contributed by atoms with E-state index >= 15 is 0 Å². The highest BCUT2D eigenvalue weighted by Crippen LogP contribution is 2.63. The first-order valence-electron chi connectivity index (χ1n) is 24.8. The van der Waals surface area contributed by atoms with Crippen molar-refractivity contribution >= 4 is 10.8 Å².